The van der Waals surface area contributed by atoms with Crippen molar-refractivity contribution in [2.24, 2.45) is 0 Å². The molecular weight excluding hydrogens is 290 g/mol. The van der Waals surface area contributed by atoms with E-state index >= 15 is 0 Å². The minimum atomic E-state index is -0.421. The Morgan fingerprint density at radius 3 is 2.22 bits per heavy atom. The smallest absolute Gasteiger partial charge is 0.407 e. The minimum Gasteiger partial charge on any atom is -0.444 e. The van der Waals surface area contributed by atoms with Gasteiger partial charge in [-0.15, -0.1) is 0 Å². The highest BCUT2D eigenvalue weighted by atomic mass is 16.6. The number of nitrogens with one attached hydrogen (secondary N) is 2. The fourth-order valence-corrected chi connectivity index (χ4v) is 3.37. The quantitative estimate of drug-likeness (QED) is 0.756. The number of alkyl carbamates (subject to hydrolysis) is 1. The van der Waals surface area contributed by atoms with Gasteiger partial charge in [0.2, 0.25) is 0 Å². The average Bonchev–Trinajstić information content (AvgIpc) is 3.28. The number of carbonyl (C=O) groups is 1. The van der Waals surface area contributed by atoms with Gasteiger partial charge in [0.1, 0.15) is 5.60 Å². The van der Waals surface area contributed by atoms with Crippen molar-refractivity contribution in [3.8, 4) is 0 Å². The molecule has 5 heteroatoms. The zero-order chi connectivity index (χ0) is 16.9. The topological polar surface area (TPSA) is 53.6 Å². The van der Waals surface area contributed by atoms with Crippen LogP contribution in [0.15, 0.2) is 0 Å². The summed E-state index contributed by atoms with van der Waals surface area (Å²) in [5.74, 6) is 0. The van der Waals surface area contributed by atoms with Crippen LogP contribution in [0.3, 0.4) is 0 Å². The van der Waals surface area contributed by atoms with Crippen LogP contribution in [0.5, 0.6) is 0 Å². The molecule has 2 fully saturated rings. The number of amides is 1. The molecule has 5 nitrogen and oxygen atoms in total. The monoisotopic (exact) mass is 325 g/mol. The van der Waals surface area contributed by atoms with E-state index in [9.17, 15) is 4.79 Å². The van der Waals surface area contributed by atoms with E-state index in [1.807, 2.05) is 20.8 Å². The van der Waals surface area contributed by atoms with Crippen molar-refractivity contribution < 1.29 is 9.53 Å². The first kappa shape index (κ1) is 18.5. The summed E-state index contributed by atoms with van der Waals surface area (Å²) in [6.07, 6.45) is 6.84. The fourth-order valence-electron chi connectivity index (χ4n) is 3.37. The zero-order valence-corrected chi connectivity index (χ0v) is 15.4. The van der Waals surface area contributed by atoms with Gasteiger partial charge in [0, 0.05) is 31.2 Å². The lowest BCUT2D eigenvalue weighted by atomic mass is 9.91. The lowest BCUT2D eigenvalue weighted by Gasteiger charge is -2.31. The van der Waals surface area contributed by atoms with Crippen LogP contribution in [0.25, 0.3) is 0 Å². The molecule has 0 bridgehead atoms. The second kappa shape index (κ2) is 8.34. The van der Waals surface area contributed by atoms with E-state index in [0.29, 0.717) is 6.04 Å². The van der Waals surface area contributed by atoms with Crippen molar-refractivity contribution in [3.05, 3.63) is 0 Å². The molecule has 1 amide bonds. The predicted molar refractivity (Wildman–Crippen MR) is 93.7 cm³/mol. The minimum absolute atomic E-state index is 0.265. The van der Waals surface area contributed by atoms with Gasteiger partial charge in [-0.05, 0) is 65.8 Å². The number of hydrogen-bond acceptors (Lipinski definition) is 4. The first-order chi connectivity index (χ1) is 10.9. The highest BCUT2D eigenvalue weighted by molar-refractivity contribution is 5.68. The van der Waals surface area contributed by atoms with Crippen LogP contribution >= 0.6 is 0 Å². The Kier molecular flexibility index (Phi) is 6.72. The van der Waals surface area contributed by atoms with Crippen LogP contribution in [-0.2, 0) is 4.74 Å². The van der Waals surface area contributed by atoms with Gasteiger partial charge >= 0.3 is 6.09 Å². The van der Waals surface area contributed by atoms with Crippen molar-refractivity contribution in [1.29, 1.82) is 0 Å². The lowest BCUT2D eigenvalue weighted by molar-refractivity contribution is 0.0489. The molecule has 0 spiro atoms. The van der Waals surface area contributed by atoms with Crippen LogP contribution in [0.2, 0.25) is 0 Å². The van der Waals surface area contributed by atoms with Crippen LogP contribution in [0.1, 0.15) is 66.2 Å². The second-order valence-electron chi connectivity index (χ2n) is 8.01. The van der Waals surface area contributed by atoms with E-state index < -0.39 is 5.60 Å². The maximum atomic E-state index is 11.8. The molecule has 0 atom stereocenters. The molecule has 0 heterocycles. The molecule has 2 N–H and O–H groups in total. The van der Waals surface area contributed by atoms with Crippen molar-refractivity contribution in [2.45, 2.75) is 89.9 Å². The second-order valence-corrected chi connectivity index (χ2v) is 8.01. The standard InChI is InChI=1S/C18H35N3O2/c1-5-21(16-10-11-16)13-12-19-14-6-8-15(9-7-14)20-17(22)23-18(2,3)4/h14-16,19H,5-13H2,1-4H3,(H,20,22). The summed E-state index contributed by atoms with van der Waals surface area (Å²) in [6, 6.07) is 1.72. The highest BCUT2D eigenvalue weighted by Gasteiger charge is 2.28. The predicted octanol–water partition coefficient (Wildman–Crippen LogP) is 2.90. The molecule has 0 aliphatic heterocycles. The molecule has 0 aromatic heterocycles. The van der Waals surface area contributed by atoms with Crippen LogP contribution in [-0.4, -0.2) is 54.4 Å². The fraction of sp³-hybridized carbons (Fsp3) is 0.944. The van der Waals surface area contributed by atoms with E-state index in [2.05, 4.69) is 22.5 Å². The SMILES string of the molecule is CCN(CCNC1CCC(NC(=O)OC(C)(C)C)CC1)C1CC1. The normalized spacial score (nSPS) is 25.4. The summed E-state index contributed by atoms with van der Waals surface area (Å²) in [5.41, 5.74) is -0.421. The van der Waals surface area contributed by atoms with Crippen LogP contribution in [0, 0.1) is 0 Å². The summed E-state index contributed by atoms with van der Waals surface area (Å²) in [7, 11) is 0. The van der Waals surface area contributed by atoms with Crippen molar-refractivity contribution in [3.63, 3.8) is 0 Å². The van der Waals surface area contributed by atoms with E-state index in [1.165, 1.54) is 19.4 Å². The van der Waals surface area contributed by atoms with Gasteiger partial charge < -0.3 is 15.4 Å². The Hall–Kier alpha value is -0.810. The third kappa shape index (κ3) is 7.08. The molecule has 134 valence electrons. The Morgan fingerprint density at radius 1 is 1.09 bits per heavy atom. The van der Waals surface area contributed by atoms with Gasteiger partial charge in [0.15, 0.2) is 0 Å². The molecule has 2 aliphatic rings. The average molecular weight is 325 g/mol. The molecule has 0 saturated heterocycles. The van der Waals surface area contributed by atoms with Crippen molar-refractivity contribution in [1.82, 2.24) is 15.5 Å². The third-order valence-corrected chi connectivity index (χ3v) is 4.75. The third-order valence-electron chi connectivity index (χ3n) is 4.75. The molecule has 0 radical (unpaired) electrons. The van der Waals surface area contributed by atoms with Gasteiger partial charge in [-0.1, -0.05) is 6.92 Å². The zero-order valence-electron chi connectivity index (χ0n) is 15.4. The summed E-state index contributed by atoms with van der Waals surface area (Å²) >= 11 is 0. The van der Waals surface area contributed by atoms with Crippen molar-refractivity contribution in [2.75, 3.05) is 19.6 Å². The first-order valence-electron chi connectivity index (χ1n) is 9.34. The van der Waals surface area contributed by atoms with E-state index in [1.54, 1.807) is 0 Å². The summed E-state index contributed by atoms with van der Waals surface area (Å²) in [4.78, 5) is 14.4. The largest absolute Gasteiger partial charge is 0.444 e. The van der Waals surface area contributed by atoms with Gasteiger partial charge in [-0.25, -0.2) is 4.79 Å². The Balaban J connectivity index is 1.57. The summed E-state index contributed by atoms with van der Waals surface area (Å²) in [5, 5.41) is 6.70. The van der Waals surface area contributed by atoms with E-state index in [4.69, 9.17) is 4.74 Å². The Morgan fingerprint density at radius 2 is 1.70 bits per heavy atom. The van der Waals surface area contributed by atoms with Gasteiger partial charge in [0.05, 0.1) is 0 Å². The van der Waals surface area contributed by atoms with E-state index in [-0.39, 0.29) is 12.1 Å². The maximum Gasteiger partial charge on any atom is 0.407 e. The molecule has 2 saturated carbocycles. The number of hydrogen-bond donors (Lipinski definition) is 2. The molecule has 2 rings (SSSR count). The van der Waals surface area contributed by atoms with Crippen LogP contribution in [0.4, 0.5) is 4.79 Å². The van der Waals surface area contributed by atoms with Gasteiger partial charge in [-0.3, -0.25) is 4.90 Å². The van der Waals surface area contributed by atoms with Crippen LogP contribution < -0.4 is 10.6 Å². The molecular formula is C18H35N3O2. The summed E-state index contributed by atoms with van der Waals surface area (Å²) in [6.45, 7) is 11.4. The number of carbonyl (C=O) groups excluding carboxylic acids is 1. The molecule has 23 heavy (non-hydrogen) atoms. The molecule has 2 aliphatic carbocycles. The molecule has 0 unspecified atom stereocenters. The van der Waals surface area contributed by atoms with E-state index in [0.717, 1.165) is 44.8 Å². The number of likely N-dealkylation sites (N-methyl/N-ethyl adjacent to an activating group) is 1. The number of rotatable bonds is 7. The number of nitrogens with zero attached hydrogens (tertiary/aromatic N) is 1. The molecule has 0 aromatic carbocycles. The Bertz CT molecular complexity index is 369. The van der Waals surface area contributed by atoms with Gasteiger partial charge in [0.25, 0.3) is 0 Å². The van der Waals surface area contributed by atoms with Gasteiger partial charge in [-0.2, -0.15) is 0 Å². The summed E-state index contributed by atoms with van der Waals surface area (Å²) < 4.78 is 5.33. The maximum absolute atomic E-state index is 11.8. The first-order valence-corrected chi connectivity index (χ1v) is 9.34. The van der Waals surface area contributed by atoms with Crippen molar-refractivity contribution >= 4 is 6.09 Å². The molecule has 0 aromatic rings. The number of ether oxygens (including phenoxy) is 1. The highest BCUT2D eigenvalue weighted by Crippen LogP contribution is 2.26. The Labute approximate surface area is 141 Å². The lowest BCUT2D eigenvalue weighted by Crippen LogP contribution is -2.45.